The van der Waals surface area contributed by atoms with Crippen LogP contribution in [0.5, 0.6) is 0 Å². The fraction of sp³-hybridized carbons (Fsp3) is 0.353. The molecule has 2 aliphatic rings. The first kappa shape index (κ1) is 13.4. The second-order valence-corrected chi connectivity index (χ2v) is 7.45. The van der Waals surface area contributed by atoms with Gasteiger partial charge >= 0.3 is 0 Å². The number of rotatable bonds is 2. The van der Waals surface area contributed by atoms with E-state index in [2.05, 4.69) is 32.9 Å². The van der Waals surface area contributed by atoms with Crippen LogP contribution in [0.25, 0.3) is 17.0 Å². The maximum Gasteiger partial charge on any atom is 0.185 e. The summed E-state index contributed by atoms with van der Waals surface area (Å²) in [6.07, 6.45) is 2.63. The van der Waals surface area contributed by atoms with Crippen LogP contribution in [-0.4, -0.2) is 43.4 Å². The zero-order valence-corrected chi connectivity index (χ0v) is 13.5. The highest BCUT2D eigenvalue weighted by Gasteiger charge is 2.39. The topological polar surface area (TPSA) is 46.3 Å². The summed E-state index contributed by atoms with van der Waals surface area (Å²) in [5, 5.41) is 14.2. The number of anilines is 1. The first-order valence-corrected chi connectivity index (χ1v) is 9.11. The van der Waals surface area contributed by atoms with Gasteiger partial charge in [0.05, 0.1) is 0 Å². The van der Waals surface area contributed by atoms with Crippen molar-refractivity contribution in [2.45, 2.75) is 24.1 Å². The average molecular weight is 323 g/mol. The summed E-state index contributed by atoms with van der Waals surface area (Å²) >= 11 is 2.12. The van der Waals surface area contributed by atoms with Crippen LogP contribution in [-0.2, 0) is 0 Å². The fourth-order valence-corrected chi connectivity index (χ4v) is 4.87. The third-order valence-corrected chi connectivity index (χ3v) is 6.21. The molecule has 5 nitrogen and oxygen atoms in total. The number of aromatic nitrogens is 4. The second-order valence-electron chi connectivity index (χ2n) is 6.10. The predicted octanol–water partition coefficient (Wildman–Crippen LogP) is 2.88. The van der Waals surface area contributed by atoms with Crippen molar-refractivity contribution in [3.05, 3.63) is 42.5 Å². The minimum atomic E-state index is 0.648. The van der Waals surface area contributed by atoms with Gasteiger partial charge in [0, 0.05) is 29.2 Å². The summed E-state index contributed by atoms with van der Waals surface area (Å²) in [5.74, 6) is 3.04. The summed E-state index contributed by atoms with van der Waals surface area (Å²) < 4.78 is 1.88. The molecule has 1 aliphatic heterocycles. The molecular weight excluding hydrogens is 306 g/mol. The van der Waals surface area contributed by atoms with E-state index < -0.39 is 0 Å². The van der Waals surface area contributed by atoms with Gasteiger partial charge in [0.25, 0.3) is 0 Å². The van der Waals surface area contributed by atoms with E-state index >= 15 is 0 Å². The van der Waals surface area contributed by atoms with Crippen molar-refractivity contribution in [2.75, 3.05) is 17.2 Å². The molecule has 1 aliphatic carbocycles. The van der Waals surface area contributed by atoms with Crippen LogP contribution < -0.4 is 4.90 Å². The van der Waals surface area contributed by atoms with Crippen LogP contribution in [0.2, 0.25) is 0 Å². The van der Waals surface area contributed by atoms with Gasteiger partial charge in [0.15, 0.2) is 11.5 Å². The molecule has 0 radical (unpaired) electrons. The van der Waals surface area contributed by atoms with E-state index in [4.69, 9.17) is 5.10 Å². The summed E-state index contributed by atoms with van der Waals surface area (Å²) in [4.78, 5) is 2.47. The highest BCUT2D eigenvalue weighted by Crippen LogP contribution is 2.40. The van der Waals surface area contributed by atoms with Gasteiger partial charge < -0.3 is 4.90 Å². The van der Waals surface area contributed by atoms with E-state index in [-0.39, 0.29) is 0 Å². The van der Waals surface area contributed by atoms with Gasteiger partial charge in [-0.05, 0) is 25.0 Å². The van der Waals surface area contributed by atoms with Crippen LogP contribution in [0.3, 0.4) is 0 Å². The third-order valence-electron chi connectivity index (χ3n) is 4.82. The molecule has 2 aromatic heterocycles. The van der Waals surface area contributed by atoms with Crippen molar-refractivity contribution in [1.29, 1.82) is 0 Å². The number of fused-ring (bicyclic) bond motifs is 2. The van der Waals surface area contributed by atoms with Gasteiger partial charge in [-0.1, -0.05) is 30.3 Å². The van der Waals surface area contributed by atoms with Crippen LogP contribution in [0, 0.1) is 0 Å². The molecular formula is C17H17N5S. The molecule has 2 fully saturated rings. The van der Waals surface area contributed by atoms with Crippen molar-refractivity contribution in [3.8, 4) is 11.4 Å². The molecule has 1 aromatic carbocycles. The fourth-order valence-electron chi connectivity index (χ4n) is 3.46. The lowest BCUT2D eigenvalue weighted by atomic mass is 9.90. The lowest BCUT2D eigenvalue weighted by Gasteiger charge is -2.48. The largest absolute Gasteiger partial charge is 0.350 e. The molecule has 0 bridgehead atoms. The summed E-state index contributed by atoms with van der Waals surface area (Å²) in [6.45, 7) is 1.08. The Morgan fingerprint density at radius 3 is 2.74 bits per heavy atom. The minimum Gasteiger partial charge on any atom is -0.350 e. The highest BCUT2D eigenvalue weighted by atomic mass is 32.2. The van der Waals surface area contributed by atoms with Crippen LogP contribution >= 0.6 is 11.8 Å². The second kappa shape index (κ2) is 5.23. The third kappa shape index (κ3) is 2.12. The van der Waals surface area contributed by atoms with Crippen LogP contribution in [0.15, 0.2) is 42.5 Å². The number of nitrogens with zero attached hydrogens (tertiary/aromatic N) is 5. The molecule has 116 valence electrons. The quantitative estimate of drug-likeness (QED) is 0.726. The molecule has 1 saturated heterocycles. The van der Waals surface area contributed by atoms with Crippen molar-refractivity contribution < 1.29 is 0 Å². The lowest BCUT2D eigenvalue weighted by Crippen LogP contribution is -2.54. The van der Waals surface area contributed by atoms with Gasteiger partial charge in [-0.15, -0.1) is 15.3 Å². The molecule has 0 amide bonds. The van der Waals surface area contributed by atoms with Crippen LogP contribution in [0.4, 0.5) is 5.82 Å². The van der Waals surface area contributed by atoms with Gasteiger partial charge in [-0.25, -0.2) is 0 Å². The normalized spacial score (nSPS) is 23.6. The van der Waals surface area contributed by atoms with Gasteiger partial charge in [0.1, 0.15) is 5.82 Å². The zero-order valence-electron chi connectivity index (χ0n) is 12.7. The van der Waals surface area contributed by atoms with E-state index in [9.17, 15) is 0 Å². The van der Waals surface area contributed by atoms with Crippen molar-refractivity contribution in [3.63, 3.8) is 0 Å². The number of benzene rings is 1. The Balaban J connectivity index is 1.59. The predicted molar refractivity (Wildman–Crippen MR) is 92.8 cm³/mol. The van der Waals surface area contributed by atoms with E-state index in [0.717, 1.165) is 34.6 Å². The van der Waals surface area contributed by atoms with Crippen molar-refractivity contribution in [1.82, 2.24) is 19.8 Å². The minimum absolute atomic E-state index is 0.648. The Hall–Kier alpha value is -2.08. The highest BCUT2D eigenvalue weighted by molar-refractivity contribution is 8.00. The van der Waals surface area contributed by atoms with Gasteiger partial charge in [0.2, 0.25) is 0 Å². The first-order valence-electron chi connectivity index (χ1n) is 8.06. The van der Waals surface area contributed by atoms with Crippen molar-refractivity contribution in [2.24, 2.45) is 0 Å². The Labute approximate surface area is 138 Å². The molecule has 1 saturated carbocycles. The SMILES string of the molecule is c1ccc(-c2nnc3ccc(N4CCSC5CCC54)nn23)cc1. The molecule has 2 unspecified atom stereocenters. The maximum absolute atomic E-state index is 4.86. The van der Waals surface area contributed by atoms with E-state index in [1.54, 1.807) is 0 Å². The van der Waals surface area contributed by atoms with E-state index in [1.807, 2.05) is 40.9 Å². The monoisotopic (exact) mass is 323 g/mol. The molecule has 0 spiro atoms. The molecule has 3 heterocycles. The summed E-state index contributed by atoms with van der Waals surface area (Å²) in [5.41, 5.74) is 1.84. The standard InChI is InChI=1S/C17H17N5S/c1-2-4-12(5-3-1)17-19-18-15-8-9-16(20-22(15)17)21-10-11-23-14-7-6-13(14)21/h1-5,8-9,13-14H,6-7,10-11H2. The average Bonchev–Trinajstić information content (AvgIpc) is 2.99. The number of hydrogen-bond acceptors (Lipinski definition) is 5. The number of hydrogen-bond donors (Lipinski definition) is 0. The lowest BCUT2D eigenvalue weighted by molar-refractivity contribution is 0.393. The summed E-state index contributed by atoms with van der Waals surface area (Å²) in [7, 11) is 0. The van der Waals surface area contributed by atoms with Crippen molar-refractivity contribution >= 4 is 23.2 Å². The Morgan fingerprint density at radius 1 is 1.00 bits per heavy atom. The Kier molecular flexibility index (Phi) is 3.04. The molecule has 2 atom stereocenters. The van der Waals surface area contributed by atoms with E-state index in [0.29, 0.717) is 6.04 Å². The summed E-state index contributed by atoms with van der Waals surface area (Å²) in [6, 6.07) is 14.9. The van der Waals surface area contributed by atoms with Gasteiger partial charge in [-0.2, -0.15) is 16.3 Å². The zero-order chi connectivity index (χ0) is 15.2. The molecule has 0 N–H and O–H groups in total. The smallest absolute Gasteiger partial charge is 0.185 e. The number of thioether (sulfide) groups is 1. The maximum atomic E-state index is 4.86. The Morgan fingerprint density at radius 2 is 1.91 bits per heavy atom. The van der Waals surface area contributed by atoms with Crippen LogP contribution in [0.1, 0.15) is 12.8 Å². The Bertz CT molecular complexity index is 847. The molecule has 5 rings (SSSR count). The van der Waals surface area contributed by atoms with Gasteiger partial charge in [-0.3, -0.25) is 0 Å². The first-order chi connectivity index (χ1) is 11.4. The molecule has 3 aromatic rings. The van der Waals surface area contributed by atoms with E-state index in [1.165, 1.54) is 18.6 Å². The molecule has 6 heteroatoms. The molecule has 23 heavy (non-hydrogen) atoms.